The maximum Gasteiger partial charge on any atom is 0.179 e. The van der Waals surface area contributed by atoms with Crippen molar-refractivity contribution in [3.8, 4) is 0 Å². The van der Waals surface area contributed by atoms with Gasteiger partial charge in [0.25, 0.3) is 0 Å². The van der Waals surface area contributed by atoms with Crippen molar-refractivity contribution in [3.63, 3.8) is 0 Å². The molecule has 0 aromatic carbocycles. The third-order valence-electron chi connectivity index (χ3n) is 3.72. The minimum Gasteiger partial charge on any atom is -0.346 e. The first-order chi connectivity index (χ1) is 7.84. The largest absolute Gasteiger partial charge is 0.346 e. The zero-order valence-corrected chi connectivity index (χ0v) is 18.9. The lowest BCUT2D eigenvalue weighted by molar-refractivity contribution is 0.720. The Balaban J connectivity index is 3.32. The van der Waals surface area contributed by atoms with E-state index in [-0.39, 0.29) is 17.9 Å². The molecule has 0 spiro atoms. The number of nitrogens with one attached hydrogen (secondary N) is 1. The molecule has 0 amide bonds. The minimum absolute atomic E-state index is 0.372. The van der Waals surface area contributed by atoms with Gasteiger partial charge in [-0.1, -0.05) is 26.2 Å². The summed E-state index contributed by atoms with van der Waals surface area (Å²) in [4.78, 5) is 0. The lowest BCUT2D eigenvalue weighted by Crippen LogP contribution is -2.91. The van der Waals surface area contributed by atoms with E-state index in [1.807, 2.05) is 0 Å². The first-order valence-corrected chi connectivity index (χ1v) is 20.5. The molecular formula is C10H31N3Si5. The molecule has 2 radical (unpaired) electrons. The molecule has 0 atom stereocenters. The van der Waals surface area contributed by atoms with E-state index in [0.717, 1.165) is 0 Å². The van der Waals surface area contributed by atoms with Crippen LogP contribution in [0.25, 0.3) is 0 Å². The van der Waals surface area contributed by atoms with Gasteiger partial charge in [-0.2, -0.15) is 0 Å². The predicted octanol–water partition coefficient (Wildman–Crippen LogP) is 2.80. The van der Waals surface area contributed by atoms with Gasteiger partial charge >= 0.3 is 0 Å². The molecule has 0 aromatic heterocycles. The van der Waals surface area contributed by atoms with E-state index in [2.05, 4.69) is 77.9 Å². The van der Waals surface area contributed by atoms with Gasteiger partial charge in [0.05, 0.1) is 0 Å². The van der Waals surface area contributed by atoms with Gasteiger partial charge in [0.2, 0.25) is 0 Å². The lowest BCUT2D eigenvalue weighted by atomic mass is 11.9. The Morgan fingerprint density at radius 1 is 0.667 bits per heavy atom. The second kappa shape index (κ2) is 5.06. The number of rotatable bonds is 2. The first-order valence-electron chi connectivity index (χ1n) is 6.84. The molecule has 0 bridgehead atoms. The molecule has 1 aliphatic heterocycles. The predicted molar refractivity (Wildman–Crippen MR) is 94.2 cm³/mol. The summed E-state index contributed by atoms with van der Waals surface area (Å²) < 4.78 is 10.2. The van der Waals surface area contributed by atoms with Crippen LogP contribution < -0.4 is 4.65 Å². The Bertz CT molecular complexity index is 289. The van der Waals surface area contributed by atoms with Crippen molar-refractivity contribution >= 4 is 43.1 Å². The summed E-state index contributed by atoms with van der Waals surface area (Å²) >= 11 is 0. The molecule has 8 heteroatoms. The smallest absolute Gasteiger partial charge is 0.179 e. The molecule has 1 aliphatic rings. The zero-order chi connectivity index (χ0) is 14.5. The fraction of sp³-hybridized carbons (Fsp3) is 1.00. The van der Waals surface area contributed by atoms with E-state index in [4.69, 9.17) is 0 Å². The molecule has 18 heavy (non-hydrogen) atoms. The standard InChI is InChI=1S/C10H31N3Si5/c1-14(2)12-16(5,6)11-17(7,8)13(15(3)4)18(12,9)10/h11H,1-10H3. The highest BCUT2D eigenvalue weighted by atomic mass is 28.5. The van der Waals surface area contributed by atoms with Crippen LogP contribution in [0.3, 0.4) is 0 Å². The van der Waals surface area contributed by atoms with Gasteiger partial charge in [0.1, 0.15) is 17.9 Å². The Hall–Kier alpha value is 0.964. The highest BCUT2D eigenvalue weighted by Crippen LogP contribution is 2.33. The lowest BCUT2D eigenvalue weighted by Gasteiger charge is -2.65. The average molecular weight is 334 g/mol. The van der Waals surface area contributed by atoms with E-state index < -0.39 is 25.2 Å². The Labute approximate surface area is 121 Å². The van der Waals surface area contributed by atoms with Crippen LogP contribution in [0.2, 0.25) is 65.5 Å². The summed E-state index contributed by atoms with van der Waals surface area (Å²) in [5, 5.41) is 0. The second-order valence-corrected chi connectivity index (χ2v) is 26.7. The summed E-state index contributed by atoms with van der Waals surface area (Å²) in [5.41, 5.74) is 0. The quantitative estimate of drug-likeness (QED) is 0.784. The van der Waals surface area contributed by atoms with Gasteiger partial charge < -0.3 is 12.4 Å². The summed E-state index contributed by atoms with van der Waals surface area (Å²) in [7, 11) is -5.00. The van der Waals surface area contributed by atoms with Crippen molar-refractivity contribution in [1.29, 1.82) is 0 Å². The molecule has 0 aromatic rings. The van der Waals surface area contributed by atoms with Crippen LogP contribution in [0.5, 0.6) is 0 Å². The van der Waals surface area contributed by atoms with Crippen LogP contribution >= 0.6 is 0 Å². The maximum absolute atomic E-state index is 4.17. The van der Waals surface area contributed by atoms with Crippen LogP contribution in [0.15, 0.2) is 0 Å². The Morgan fingerprint density at radius 3 is 1.17 bits per heavy atom. The van der Waals surface area contributed by atoms with Crippen LogP contribution in [-0.4, -0.2) is 50.9 Å². The minimum atomic E-state index is -1.43. The van der Waals surface area contributed by atoms with Crippen molar-refractivity contribution in [3.05, 3.63) is 0 Å². The maximum atomic E-state index is 4.17. The highest BCUT2D eigenvalue weighted by molar-refractivity contribution is 7.12. The van der Waals surface area contributed by atoms with Crippen LogP contribution in [0.4, 0.5) is 0 Å². The van der Waals surface area contributed by atoms with Crippen molar-refractivity contribution in [2.45, 2.75) is 65.5 Å². The Kier molecular flexibility index (Phi) is 4.78. The van der Waals surface area contributed by atoms with Crippen LogP contribution in [0.1, 0.15) is 0 Å². The molecule has 1 rings (SSSR count). The molecule has 0 saturated carbocycles. The van der Waals surface area contributed by atoms with Crippen LogP contribution in [-0.2, 0) is 0 Å². The number of hydrogen-bond donors (Lipinski definition) is 1. The molecule has 1 heterocycles. The molecule has 3 nitrogen and oxygen atoms in total. The van der Waals surface area contributed by atoms with Crippen molar-refractivity contribution in [2.24, 2.45) is 0 Å². The second-order valence-electron chi connectivity index (χ2n) is 7.30. The van der Waals surface area contributed by atoms with Gasteiger partial charge in [-0.05, 0) is 39.3 Å². The highest BCUT2D eigenvalue weighted by Gasteiger charge is 2.57. The normalized spacial score (nSPS) is 28.0. The molecule has 106 valence electrons. The van der Waals surface area contributed by atoms with E-state index in [0.29, 0.717) is 0 Å². The van der Waals surface area contributed by atoms with E-state index in [1.54, 1.807) is 0 Å². The number of hydrogen-bond acceptors (Lipinski definition) is 3. The van der Waals surface area contributed by atoms with Crippen molar-refractivity contribution in [2.75, 3.05) is 0 Å². The van der Waals surface area contributed by atoms with E-state index >= 15 is 0 Å². The van der Waals surface area contributed by atoms with Crippen molar-refractivity contribution < 1.29 is 0 Å². The molecular weight excluding hydrogens is 303 g/mol. The fourth-order valence-electron chi connectivity index (χ4n) is 4.54. The third-order valence-corrected chi connectivity index (χ3v) is 33.5. The monoisotopic (exact) mass is 333 g/mol. The summed E-state index contributed by atoms with van der Waals surface area (Å²) in [6.07, 6.45) is 0. The van der Waals surface area contributed by atoms with Crippen molar-refractivity contribution in [1.82, 2.24) is 12.4 Å². The van der Waals surface area contributed by atoms with Gasteiger partial charge in [-0.3, -0.25) is 0 Å². The van der Waals surface area contributed by atoms with E-state index in [9.17, 15) is 0 Å². The third kappa shape index (κ3) is 2.85. The fourth-order valence-corrected chi connectivity index (χ4v) is 44.7. The average Bonchev–Trinajstić information content (AvgIpc) is 1.91. The summed E-state index contributed by atoms with van der Waals surface area (Å²) in [6, 6.07) is 0. The Morgan fingerprint density at radius 2 is 0.944 bits per heavy atom. The first kappa shape index (κ1) is 17.0. The molecule has 1 saturated heterocycles. The van der Waals surface area contributed by atoms with E-state index in [1.165, 1.54) is 0 Å². The molecule has 1 fully saturated rings. The zero-order valence-electron chi connectivity index (χ0n) is 13.9. The van der Waals surface area contributed by atoms with Crippen LogP contribution in [0, 0.1) is 0 Å². The summed E-state index contributed by atoms with van der Waals surface area (Å²) in [6.45, 7) is 25.2. The molecule has 1 N–H and O–H groups in total. The number of nitrogens with zero attached hydrogens (tertiary/aromatic N) is 2. The molecule has 0 unspecified atom stereocenters. The van der Waals surface area contributed by atoms with Gasteiger partial charge in [-0.15, -0.1) is 0 Å². The van der Waals surface area contributed by atoms with Gasteiger partial charge in [0, 0.05) is 0 Å². The topological polar surface area (TPSA) is 18.5 Å². The molecule has 0 aliphatic carbocycles. The van der Waals surface area contributed by atoms with Gasteiger partial charge in [0.15, 0.2) is 25.2 Å². The summed E-state index contributed by atoms with van der Waals surface area (Å²) in [5.74, 6) is 0. The van der Waals surface area contributed by atoms with Gasteiger partial charge in [-0.25, -0.2) is 0 Å². The SMILES string of the molecule is C[Si](C)N1[Si](C)(C)N[Si](C)(C)N([Si](C)C)[Si]1(C)C.